The Balaban J connectivity index is 1.65. The standard InChI is InChI=1S/C21H23N3O6/c1-21(16-8-7-14-5-3-4-6-15(14)11-16)19(27)24(20(28)23-21)12-18(26)30-13-17(25)22-9-10-29-2/h3-8,11H,9-10,12-13H2,1-2H3,(H,22,25)(H,23,28)/t21-/m0/s1. The highest BCUT2D eigenvalue weighted by atomic mass is 16.5. The molecule has 1 atom stereocenters. The van der Waals surface area contributed by atoms with Crippen LogP contribution in [0.4, 0.5) is 4.79 Å². The van der Waals surface area contributed by atoms with E-state index in [1.807, 2.05) is 36.4 Å². The lowest BCUT2D eigenvalue weighted by molar-refractivity contribution is -0.151. The second-order valence-electron chi connectivity index (χ2n) is 7.01. The maximum atomic E-state index is 13.0. The Morgan fingerprint density at radius 3 is 2.60 bits per heavy atom. The smallest absolute Gasteiger partial charge is 0.326 e. The van der Waals surface area contributed by atoms with E-state index in [0.29, 0.717) is 12.2 Å². The molecule has 2 N–H and O–H groups in total. The number of methoxy groups -OCH3 is 1. The van der Waals surface area contributed by atoms with Crippen LogP contribution in [0.1, 0.15) is 12.5 Å². The van der Waals surface area contributed by atoms with Crippen molar-refractivity contribution in [3.63, 3.8) is 0 Å². The molecular weight excluding hydrogens is 390 g/mol. The molecule has 9 heteroatoms. The molecule has 2 aromatic carbocycles. The van der Waals surface area contributed by atoms with Gasteiger partial charge in [-0.05, 0) is 29.3 Å². The highest BCUT2D eigenvalue weighted by Crippen LogP contribution is 2.30. The van der Waals surface area contributed by atoms with Crippen molar-refractivity contribution in [3.8, 4) is 0 Å². The molecular formula is C21H23N3O6. The summed E-state index contributed by atoms with van der Waals surface area (Å²) in [4.78, 5) is 49.8. The van der Waals surface area contributed by atoms with Crippen LogP contribution in [0.25, 0.3) is 10.8 Å². The average Bonchev–Trinajstić information content (AvgIpc) is 2.96. The van der Waals surface area contributed by atoms with E-state index in [4.69, 9.17) is 9.47 Å². The number of hydrogen-bond donors (Lipinski definition) is 2. The summed E-state index contributed by atoms with van der Waals surface area (Å²) in [5.41, 5.74) is -0.702. The molecule has 0 spiro atoms. The van der Waals surface area contributed by atoms with E-state index in [2.05, 4.69) is 10.6 Å². The summed E-state index contributed by atoms with van der Waals surface area (Å²) in [6, 6.07) is 12.4. The van der Waals surface area contributed by atoms with Crippen LogP contribution in [0.15, 0.2) is 42.5 Å². The van der Waals surface area contributed by atoms with Crippen LogP contribution in [0, 0.1) is 0 Å². The van der Waals surface area contributed by atoms with Crippen LogP contribution in [-0.2, 0) is 29.4 Å². The van der Waals surface area contributed by atoms with Crippen LogP contribution < -0.4 is 10.6 Å². The second-order valence-corrected chi connectivity index (χ2v) is 7.01. The van der Waals surface area contributed by atoms with Crippen molar-refractivity contribution in [2.75, 3.05) is 33.4 Å². The van der Waals surface area contributed by atoms with Crippen molar-refractivity contribution < 1.29 is 28.7 Å². The second kappa shape index (κ2) is 8.91. The molecule has 1 aliphatic rings. The highest BCUT2D eigenvalue weighted by molar-refractivity contribution is 6.09. The Kier molecular flexibility index (Phi) is 6.31. The minimum absolute atomic E-state index is 0.282. The molecule has 3 rings (SSSR count). The van der Waals surface area contributed by atoms with Gasteiger partial charge in [0.05, 0.1) is 6.61 Å². The van der Waals surface area contributed by atoms with Gasteiger partial charge in [0, 0.05) is 13.7 Å². The summed E-state index contributed by atoms with van der Waals surface area (Å²) in [6.07, 6.45) is 0. The lowest BCUT2D eigenvalue weighted by atomic mass is 9.90. The van der Waals surface area contributed by atoms with Gasteiger partial charge in [0.15, 0.2) is 6.61 Å². The number of ether oxygens (including phenoxy) is 2. The minimum atomic E-state index is -1.31. The summed E-state index contributed by atoms with van der Waals surface area (Å²) in [6.45, 7) is 1.11. The van der Waals surface area contributed by atoms with Crippen molar-refractivity contribution in [2.45, 2.75) is 12.5 Å². The Labute approximate surface area is 173 Å². The largest absolute Gasteiger partial charge is 0.454 e. The number of amides is 4. The first-order valence-corrected chi connectivity index (χ1v) is 9.40. The molecule has 4 amide bonds. The van der Waals surface area contributed by atoms with Gasteiger partial charge in [-0.2, -0.15) is 0 Å². The van der Waals surface area contributed by atoms with Gasteiger partial charge >= 0.3 is 12.0 Å². The minimum Gasteiger partial charge on any atom is -0.454 e. The number of carbonyl (C=O) groups excluding carboxylic acids is 4. The van der Waals surface area contributed by atoms with Gasteiger partial charge in [-0.25, -0.2) is 4.79 Å². The Morgan fingerprint density at radius 2 is 1.87 bits per heavy atom. The van der Waals surface area contributed by atoms with E-state index in [1.165, 1.54) is 7.11 Å². The Hall–Kier alpha value is -3.46. The van der Waals surface area contributed by atoms with Crippen molar-refractivity contribution in [2.24, 2.45) is 0 Å². The first-order chi connectivity index (χ1) is 14.3. The van der Waals surface area contributed by atoms with Gasteiger partial charge in [-0.15, -0.1) is 0 Å². The monoisotopic (exact) mass is 413 g/mol. The van der Waals surface area contributed by atoms with E-state index in [0.717, 1.165) is 15.7 Å². The van der Waals surface area contributed by atoms with Crippen LogP contribution in [0.5, 0.6) is 0 Å². The third-order valence-electron chi connectivity index (χ3n) is 4.88. The van der Waals surface area contributed by atoms with Crippen LogP contribution in [0.3, 0.4) is 0 Å². The number of fused-ring (bicyclic) bond motifs is 1. The van der Waals surface area contributed by atoms with Crippen molar-refractivity contribution in [3.05, 3.63) is 48.0 Å². The fourth-order valence-electron chi connectivity index (χ4n) is 3.20. The van der Waals surface area contributed by atoms with Crippen molar-refractivity contribution >= 4 is 34.6 Å². The Morgan fingerprint density at radius 1 is 1.13 bits per heavy atom. The predicted molar refractivity (Wildman–Crippen MR) is 107 cm³/mol. The van der Waals surface area contributed by atoms with E-state index >= 15 is 0 Å². The summed E-state index contributed by atoms with van der Waals surface area (Å²) in [7, 11) is 1.50. The van der Waals surface area contributed by atoms with E-state index in [-0.39, 0.29) is 6.54 Å². The molecule has 0 radical (unpaired) electrons. The molecule has 1 saturated heterocycles. The zero-order valence-corrected chi connectivity index (χ0v) is 16.8. The van der Waals surface area contributed by atoms with Gasteiger partial charge in [0.2, 0.25) is 0 Å². The number of rotatable bonds is 8. The molecule has 0 saturated carbocycles. The molecule has 0 aromatic heterocycles. The topological polar surface area (TPSA) is 114 Å². The number of carbonyl (C=O) groups is 4. The third kappa shape index (κ3) is 4.41. The molecule has 158 valence electrons. The molecule has 1 fully saturated rings. The van der Waals surface area contributed by atoms with E-state index in [9.17, 15) is 19.2 Å². The lowest BCUT2D eigenvalue weighted by Crippen LogP contribution is -2.42. The van der Waals surface area contributed by atoms with Gasteiger partial charge in [-0.1, -0.05) is 36.4 Å². The fraction of sp³-hybridized carbons (Fsp3) is 0.333. The van der Waals surface area contributed by atoms with E-state index < -0.39 is 42.5 Å². The quantitative estimate of drug-likeness (QED) is 0.378. The number of nitrogens with one attached hydrogen (secondary N) is 2. The normalized spacial score (nSPS) is 18.4. The van der Waals surface area contributed by atoms with Crippen LogP contribution in [0.2, 0.25) is 0 Å². The molecule has 30 heavy (non-hydrogen) atoms. The first-order valence-electron chi connectivity index (χ1n) is 9.40. The first kappa shape index (κ1) is 21.3. The molecule has 9 nitrogen and oxygen atoms in total. The molecule has 0 bridgehead atoms. The molecule has 1 heterocycles. The van der Waals surface area contributed by atoms with Gasteiger partial charge in [-0.3, -0.25) is 19.3 Å². The summed E-state index contributed by atoms with van der Waals surface area (Å²) < 4.78 is 9.66. The van der Waals surface area contributed by atoms with Crippen molar-refractivity contribution in [1.29, 1.82) is 0 Å². The fourth-order valence-corrected chi connectivity index (χ4v) is 3.20. The molecule has 1 aliphatic heterocycles. The number of nitrogens with zero attached hydrogens (tertiary/aromatic N) is 1. The number of esters is 1. The summed E-state index contributed by atoms with van der Waals surface area (Å²) in [5.74, 6) is -1.92. The zero-order chi connectivity index (χ0) is 21.7. The highest BCUT2D eigenvalue weighted by Gasteiger charge is 2.49. The predicted octanol–water partition coefficient (Wildman–Crippen LogP) is 0.913. The van der Waals surface area contributed by atoms with Gasteiger partial charge in [0.1, 0.15) is 12.1 Å². The maximum absolute atomic E-state index is 13.0. The SMILES string of the molecule is COCCNC(=O)COC(=O)CN1C(=O)N[C@@](C)(c2ccc3ccccc3c2)C1=O. The number of hydrogen-bond acceptors (Lipinski definition) is 6. The van der Waals surface area contributed by atoms with Crippen LogP contribution in [-0.4, -0.2) is 62.1 Å². The summed E-state index contributed by atoms with van der Waals surface area (Å²) >= 11 is 0. The third-order valence-corrected chi connectivity index (χ3v) is 4.88. The number of benzene rings is 2. The molecule has 2 aromatic rings. The molecule has 0 unspecified atom stereocenters. The van der Waals surface area contributed by atoms with Crippen molar-refractivity contribution in [1.82, 2.24) is 15.5 Å². The van der Waals surface area contributed by atoms with Crippen LogP contribution >= 0.6 is 0 Å². The zero-order valence-electron chi connectivity index (χ0n) is 16.8. The summed E-state index contributed by atoms with van der Waals surface area (Å²) in [5, 5.41) is 7.08. The molecule has 0 aliphatic carbocycles. The van der Waals surface area contributed by atoms with E-state index in [1.54, 1.807) is 13.0 Å². The maximum Gasteiger partial charge on any atom is 0.326 e. The lowest BCUT2D eigenvalue weighted by Gasteiger charge is -2.22. The van der Waals surface area contributed by atoms with Gasteiger partial charge < -0.3 is 20.1 Å². The number of urea groups is 1. The number of imide groups is 1. The van der Waals surface area contributed by atoms with Gasteiger partial charge in [0.25, 0.3) is 11.8 Å². The average molecular weight is 413 g/mol. The Bertz CT molecular complexity index is 992.